The van der Waals surface area contributed by atoms with Crippen LogP contribution in [0.25, 0.3) is 11.3 Å². The Morgan fingerprint density at radius 3 is 2.72 bits per heavy atom. The molecule has 10 nitrogen and oxygen atoms in total. The van der Waals surface area contributed by atoms with E-state index in [9.17, 15) is 18.0 Å². The van der Waals surface area contributed by atoms with Crippen molar-refractivity contribution >= 4 is 45.1 Å². The first-order valence-electron chi connectivity index (χ1n) is 11.9. The largest absolute Gasteiger partial charge is 0.453 e. The number of rotatable bonds is 6. The maximum absolute atomic E-state index is 12.9. The predicted molar refractivity (Wildman–Crippen MR) is 138 cm³/mol. The first kappa shape index (κ1) is 26.2. The van der Waals surface area contributed by atoms with Crippen molar-refractivity contribution in [1.29, 1.82) is 0 Å². The van der Waals surface area contributed by atoms with Gasteiger partial charge in [0.2, 0.25) is 5.91 Å². The van der Waals surface area contributed by atoms with Crippen molar-refractivity contribution in [2.24, 2.45) is 11.8 Å². The number of likely N-dealkylation sites (tertiary alicyclic amines) is 1. The quantitative estimate of drug-likeness (QED) is 0.575. The van der Waals surface area contributed by atoms with Crippen LogP contribution >= 0.6 is 11.6 Å². The van der Waals surface area contributed by atoms with E-state index in [0.29, 0.717) is 73.2 Å². The van der Waals surface area contributed by atoms with E-state index in [0.717, 1.165) is 0 Å². The number of anilines is 2. The van der Waals surface area contributed by atoms with Crippen molar-refractivity contribution in [1.82, 2.24) is 14.9 Å². The molecular formula is C24H30ClN5O5S. The van der Waals surface area contributed by atoms with Gasteiger partial charge in [0.1, 0.15) is 21.5 Å². The third-order valence-corrected chi connectivity index (χ3v) is 8.62. The normalized spacial score (nSPS) is 19.9. The molecular weight excluding hydrogens is 506 g/mol. The fourth-order valence-electron chi connectivity index (χ4n) is 4.49. The lowest BCUT2D eigenvalue weighted by Crippen LogP contribution is -2.43. The number of hydrogen-bond donors (Lipinski definition) is 2. The van der Waals surface area contributed by atoms with Gasteiger partial charge in [-0.3, -0.25) is 4.79 Å². The van der Waals surface area contributed by atoms with Gasteiger partial charge in [-0.25, -0.2) is 23.2 Å². The average Bonchev–Trinajstić information content (AvgIpc) is 2.89. The van der Waals surface area contributed by atoms with Crippen molar-refractivity contribution in [3.05, 3.63) is 35.5 Å². The number of nitrogens with zero attached hydrogens (tertiary/aromatic N) is 3. The first-order chi connectivity index (χ1) is 17.2. The number of halogens is 1. The van der Waals surface area contributed by atoms with Gasteiger partial charge in [0.05, 0.1) is 35.2 Å². The van der Waals surface area contributed by atoms with Crippen LogP contribution in [0.2, 0.25) is 5.02 Å². The summed E-state index contributed by atoms with van der Waals surface area (Å²) in [6.45, 7) is 1.50. The summed E-state index contributed by atoms with van der Waals surface area (Å²) in [6, 6.07) is 7.20. The number of hydrogen-bond acceptors (Lipinski definition) is 8. The van der Waals surface area contributed by atoms with E-state index in [1.807, 2.05) is 18.2 Å². The summed E-state index contributed by atoms with van der Waals surface area (Å²) in [4.78, 5) is 35.1. The van der Waals surface area contributed by atoms with Crippen molar-refractivity contribution in [3.8, 4) is 11.3 Å². The molecule has 2 aliphatic rings. The molecule has 0 saturated carbocycles. The Bertz CT molecular complexity index is 1210. The van der Waals surface area contributed by atoms with Gasteiger partial charge in [-0.05, 0) is 49.8 Å². The second kappa shape index (κ2) is 11.4. The molecule has 0 aromatic carbocycles. The molecule has 12 heteroatoms. The number of carbonyl (C=O) groups is 2. The number of amides is 2. The van der Waals surface area contributed by atoms with Gasteiger partial charge in [-0.1, -0.05) is 17.7 Å². The van der Waals surface area contributed by atoms with Crippen LogP contribution in [-0.2, 0) is 19.4 Å². The van der Waals surface area contributed by atoms with Crippen LogP contribution < -0.4 is 10.6 Å². The van der Waals surface area contributed by atoms with E-state index in [1.165, 1.54) is 18.2 Å². The van der Waals surface area contributed by atoms with E-state index < -0.39 is 15.9 Å². The predicted octanol–water partition coefficient (Wildman–Crippen LogP) is 3.45. The Morgan fingerprint density at radius 1 is 1.19 bits per heavy atom. The highest BCUT2D eigenvalue weighted by atomic mass is 35.5. The van der Waals surface area contributed by atoms with Gasteiger partial charge in [0, 0.05) is 31.4 Å². The van der Waals surface area contributed by atoms with E-state index in [4.69, 9.17) is 16.3 Å². The molecule has 194 valence electrons. The van der Waals surface area contributed by atoms with E-state index in [1.54, 1.807) is 6.07 Å². The average molecular weight is 536 g/mol. The molecule has 2 fully saturated rings. The maximum atomic E-state index is 12.9. The molecule has 0 radical (unpaired) electrons. The second-order valence-electron chi connectivity index (χ2n) is 9.18. The third kappa shape index (κ3) is 6.64. The summed E-state index contributed by atoms with van der Waals surface area (Å²) < 4.78 is 28.1. The highest BCUT2D eigenvalue weighted by Crippen LogP contribution is 2.29. The minimum absolute atomic E-state index is 0.220. The lowest BCUT2D eigenvalue weighted by molar-refractivity contribution is -0.121. The molecule has 2 N–H and O–H groups in total. The summed E-state index contributed by atoms with van der Waals surface area (Å²) in [5, 5.41) is 6.53. The number of aromatic nitrogens is 2. The van der Waals surface area contributed by atoms with E-state index in [2.05, 4.69) is 20.6 Å². The monoisotopic (exact) mass is 535 g/mol. The van der Waals surface area contributed by atoms with Gasteiger partial charge < -0.3 is 20.3 Å². The first-order valence-corrected chi connectivity index (χ1v) is 14.1. The van der Waals surface area contributed by atoms with Crippen molar-refractivity contribution in [2.75, 3.05) is 48.9 Å². The summed E-state index contributed by atoms with van der Waals surface area (Å²) >= 11 is 6.41. The summed E-state index contributed by atoms with van der Waals surface area (Å²) in [5.74, 6) is 1.16. The molecule has 0 spiro atoms. The van der Waals surface area contributed by atoms with Crippen LogP contribution in [0.4, 0.5) is 16.4 Å². The fourth-order valence-corrected chi connectivity index (χ4v) is 6.28. The molecule has 0 unspecified atom stereocenters. The van der Waals surface area contributed by atoms with Crippen molar-refractivity contribution < 1.29 is 22.7 Å². The Morgan fingerprint density at radius 2 is 1.97 bits per heavy atom. The zero-order valence-electron chi connectivity index (χ0n) is 20.1. The number of pyridine rings is 2. The highest BCUT2D eigenvalue weighted by Gasteiger charge is 2.29. The van der Waals surface area contributed by atoms with Crippen molar-refractivity contribution in [2.45, 2.75) is 25.7 Å². The van der Waals surface area contributed by atoms with Crippen LogP contribution in [0.15, 0.2) is 30.5 Å². The van der Waals surface area contributed by atoms with Gasteiger partial charge in [0.25, 0.3) is 0 Å². The standard InChI is InChI=1S/C24H30ClN5O5S/c1-35-24(32)30-9-3-4-17(15-30)23(31)29-22-12-18(19(25)14-27-22)20-5-2-6-21(28-20)26-13-16-7-10-36(33,34)11-8-16/h2,5-6,12,14,16-17H,3-4,7-11,13,15H2,1H3,(H,26,28)(H,27,29,31)/t17-/m0/s1. The van der Waals surface area contributed by atoms with Gasteiger partial charge in [-0.15, -0.1) is 0 Å². The lowest BCUT2D eigenvalue weighted by Gasteiger charge is -2.30. The highest BCUT2D eigenvalue weighted by molar-refractivity contribution is 7.91. The smallest absolute Gasteiger partial charge is 0.409 e. The number of piperidine rings is 1. The van der Waals surface area contributed by atoms with Gasteiger partial charge in [-0.2, -0.15) is 0 Å². The molecule has 1 atom stereocenters. The molecule has 2 saturated heterocycles. The second-order valence-corrected chi connectivity index (χ2v) is 11.9. The van der Waals surface area contributed by atoms with Crippen LogP contribution in [0.5, 0.6) is 0 Å². The van der Waals surface area contributed by atoms with E-state index in [-0.39, 0.29) is 29.2 Å². The minimum Gasteiger partial charge on any atom is -0.453 e. The Hall–Kier alpha value is -2.92. The Labute approximate surface area is 215 Å². The zero-order valence-corrected chi connectivity index (χ0v) is 21.6. The molecule has 2 aliphatic heterocycles. The van der Waals surface area contributed by atoms with Gasteiger partial charge >= 0.3 is 6.09 Å². The third-order valence-electron chi connectivity index (χ3n) is 6.60. The van der Waals surface area contributed by atoms with Gasteiger partial charge in [0.15, 0.2) is 0 Å². The maximum Gasteiger partial charge on any atom is 0.409 e. The number of methoxy groups -OCH3 is 1. The molecule has 4 heterocycles. The molecule has 2 aromatic rings. The molecule has 2 aromatic heterocycles. The van der Waals surface area contributed by atoms with Crippen LogP contribution in [0.3, 0.4) is 0 Å². The Kier molecular flexibility index (Phi) is 8.30. The molecule has 36 heavy (non-hydrogen) atoms. The molecule has 2 amide bonds. The summed E-state index contributed by atoms with van der Waals surface area (Å²) in [7, 11) is -1.57. The SMILES string of the molecule is COC(=O)N1CCC[C@H](C(=O)Nc2cc(-c3cccc(NCC4CCS(=O)(=O)CC4)n3)c(Cl)cn2)C1. The fraction of sp³-hybridized carbons (Fsp3) is 0.500. The lowest BCUT2D eigenvalue weighted by atomic mass is 9.97. The van der Waals surface area contributed by atoms with Crippen LogP contribution in [0, 0.1) is 11.8 Å². The van der Waals surface area contributed by atoms with E-state index >= 15 is 0 Å². The number of sulfone groups is 1. The van der Waals surface area contributed by atoms with Crippen molar-refractivity contribution in [3.63, 3.8) is 0 Å². The summed E-state index contributed by atoms with van der Waals surface area (Å²) in [6.07, 6.45) is 3.71. The van der Waals surface area contributed by atoms with Crippen LogP contribution in [-0.4, -0.2) is 73.5 Å². The zero-order chi connectivity index (χ0) is 25.7. The minimum atomic E-state index is -2.89. The topological polar surface area (TPSA) is 131 Å². The molecule has 0 aliphatic carbocycles. The number of ether oxygens (including phenoxy) is 1. The summed E-state index contributed by atoms with van der Waals surface area (Å²) in [5.41, 5.74) is 1.23. The molecule has 4 rings (SSSR count). The Balaban J connectivity index is 1.41. The van der Waals surface area contributed by atoms with Crippen LogP contribution in [0.1, 0.15) is 25.7 Å². The molecule has 0 bridgehead atoms. The number of carbonyl (C=O) groups excluding carboxylic acids is 2. The number of nitrogens with one attached hydrogen (secondary N) is 2.